The summed E-state index contributed by atoms with van der Waals surface area (Å²) in [6, 6.07) is 4.96. The van der Waals surface area contributed by atoms with Gasteiger partial charge in [0, 0.05) is 12.1 Å². The van der Waals surface area contributed by atoms with E-state index in [0.717, 1.165) is 25.7 Å². The van der Waals surface area contributed by atoms with Crippen molar-refractivity contribution in [3.63, 3.8) is 0 Å². The van der Waals surface area contributed by atoms with Crippen LogP contribution in [0.1, 0.15) is 25.7 Å². The molecule has 1 aliphatic carbocycles. The standard InChI is InChI=1S/C14H21ClN2O3S/c1-16-10-3-5-11(6-4-10)17-21(18,19)12-7-8-14(20-2)13(15)9-12/h7-11,16-17H,3-6H2,1-2H3. The Labute approximate surface area is 131 Å². The van der Waals surface area contributed by atoms with Crippen LogP contribution in [-0.4, -0.2) is 34.7 Å². The molecule has 118 valence electrons. The Morgan fingerprint density at radius 1 is 1.19 bits per heavy atom. The summed E-state index contributed by atoms with van der Waals surface area (Å²) in [7, 11) is -0.109. The first kappa shape index (κ1) is 16.5. The molecule has 0 amide bonds. The molecule has 0 aromatic heterocycles. The molecule has 1 saturated carbocycles. The van der Waals surface area contributed by atoms with Gasteiger partial charge in [0.05, 0.1) is 17.0 Å². The Balaban J connectivity index is 2.07. The lowest BCUT2D eigenvalue weighted by Gasteiger charge is -2.28. The van der Waals surface area contributed by atoms with E-state index >= 15 is 0 Å². The minimum absolute atomic E-state index is 0.0134. The van der Waals surface area contributed by atoms with Gasteiger partial charge in [0.2, 0.25) is 10.0 Å². The predicted octanol–water partition coefficient (Wildman–Crippen LogP) is 2.16. The third-order valence-electron chi connectivity index (χ3n) is 3.89. The molecule has 0 aliphatic heterocycles. The predicted molar refractivity (Wildman–Crippen MR) is 83.4 cm³/mol. The average Bonchev–Trinajstić information content (AvgIpc) is 2.47. The number of halogens is 1. The highest BCUT2D eigenvalue weighted by atomic mass is 35.5. The molecule has 2 N–H and O–H groups in total. The van der Waals surface area contributed by atoms with Crippen LogP contribution in [0.5, 0.6) is 5.75 Å². The highest BCUT2D eigenvalue weighted by Crippen LogP contribution is 2.27. The second kappa shape index (κ2) is 6.96. The van der Waals surface area contributed by atoms with Gasteiger partial charge in [-0.1, -0.05) is 11.6 Å². The van der Waals surface area contributed by atoms with E-state index in [1.54, 1.807) is 6.07 Å². The van der Waals surface area contributed by atoms with Crippen LogP contribution in [0.3, 0.4) is 0 Å². The van der Waals surface area contributed by atoms with Gasteiger partial charge in [-0.3, -0.25) is 0 Å². The molecule has 1 aromatic carbocycles. The lowest BCUT2D eigenvalue weighted by Crippen LogP contribution is -2.41. The number of hydrogen-bond donors (Lipinski definition) is 2. The van der Waals surface area contributed by atoms with Crippen LogP contribution in [-0.2, 0) is 10.0 Å². The number of rotatable bonds is 5. The van der Waals surface area contributed by atoms with Gasteiger partial charge < -0.3 is 10.1 Å². The number of nitrogens with one attached hydrogen (secondary N) is 2. The molecule has 21 heavy (non-hydrogen) atoms. The van der Waals surface area contributed by atoms with E-state index < -0.39 is 10.0 Å². The van der Waals surface area contributed by atoms with E-state index in [9.17, 15) is 8.42 Å². The van der Waals surface area contributed by atoms with Crippen LogP contribution in [0.15, 0.2) is 23.1 Å². The fourth-order valence-corrected chi connectivity index (χ4v) is 4.25. The first-order valence-electron chi connectivity index (χ1n) is 6.99. The van der Waals surface area contributed by atoms with Crippen LogP contribution in [0.4, 0.5) is 0 Å². The Kier molecular flexibility index (Phi) is 5.48. The lowest BCUT2D eigenvalue weighted by atomic mass is 9.92. The smallest absolute Gasteiger partial charge is 0.240 e. The topological polar surface area (TPSA) is 67.4 Å². The summed E-state index contributed by atoms with van der Waals surface area (Å²) in [4.78, 5) is 0.170. The maximum Gasteiger partial charge on any atom is 0.240 e. The van der Waals surface area contributed by atoms with Gasteiger partial charge in [-0.25, -0.2) is 13.1 Å². The number of ether oxygens (including phenoxy) is 1. The van der Waals surface area contributed by atoms with Gasteiger partial charge in [0.25, 0.3) is 0 Å². The zero-order valence-corrected chi connectivity index (χ0v) is 13.8. The molecule has 0 saturated heterocycles. The first-order chi connectivity index (χ1) is 9.96. The summed E-state index contributed by atoms with van der Waals surface area (Å²) in [5, 5.41) is 3.52. The summed E-state index contributed by atoms with van der Waals surface area (Å²) in [6.07, 6.45) is 3.64. The van der Waals surface area contributed by atoms with Gasteiger partial charge in [0.1, 0.15) is 5.75 Å². The van der Waals surface area contributed by atoms with Crippen molar-refractivity contribution in [2.75, 3.05) is 14.2 Å². The molecular weight excluding hydrogens is 312 g/mol. The van der Waals surface area contributed by atoms with Crippen molar-refractivity contribution in [3.05, 3.63) is 23.2 Å². The van der Waals surface area contributed by atoms with Crippen molar-refractivity contribution in [2.45, 2.75) is 42.7 Å². The zero-order valence-electron chi connectivity index (χ0n) is 12.2. The van der Waals surface area contributed by atoms with E-state index in [4.69, 9.17) is 16.3 Å². The fraction of sp³-hybridized carbons (Fsp3) is 0.571. The summed E-state index contributed by atoms with van der Waals surface area (Å²) < 4.78 is 32.6. The largest absolute Gasteiger partial charge is 0.495 e. The average molecular weight is 333 g/mol. The summed E-state index contributed by atoms with van der Waals surface area (Å²) in [6.45, 7) is 0. The number of benzene rings is 1. The van der Waals surface area contributed by atoms with Crippen LogP contribution in [0.2, 0.25) is 5.02 Å². The zero-order chi connectivity index (χ0) is 15.5. The first-order valence-corrected chi connectivity index (χ1v) is 8.85. The third-order valence-corrected chi connectivity index (χ3v) is 5.70. The molecule has 0 spiro atoms. The SMILES string of the molecule is CNC1CCC(NS(=O)(=O)c2ccc(OC)c(Cl)c2)CC1. The monoisotopic (exact) mass is 332 g/mol. The van der Waals surface area contributed by atoms with Crippen molar-refractivity contribution in [3.8, 4) is 5.75 Å². The minimum atomic E-state index is -3.54. The molecule has 0 atom stereocenters. The van der Waals surface area contributed by atoms with Crippen LogP contribution >= 0.6 is 11.6 Å². The molecule has 0 bridgehead atoms. The van der Waals surface area contributed by atoms with Crippen molar-refractivity contribution in [1.29, 1.82) is 0 Å². The summed E-state index contributed by atoms with van der Waals surface area (Å²) >= 11 is 5.99. The number of sulfonamides is 1. The Morgan fingerprint density at radius 3 is 2.33 bits per heavy atom. The molecule has 1 fully saturated rings. The minimum Gasteiger partial charge on any atom is -0.495 e. The third kappa shape index (κ3) is 4.10. The van der Waals surface area contributed by atoms with Crippen molar-refractivity contribution in [1.82, 2.24) is 10.0 Å². The summed E-state index contributed by atoms with van der Waals surface area (Å²) in [5.74, 6) is 0.463. The normalized spacial score (nSPS) is 23.0. The Hall–Kier alpha value is -0.820. The van der Waals surface area contributed by atoms with Gasteiger partial charge >= 0.3 is 0 Å². The Morgan fingerprint density at radius 2 is 1.81 bits per heavy atom. The number of hydrogen-bond acceptors (Lipinski definition) is 4. The quantitative estimate of drug-likeness (QED) is 0.867. The maximum absolute atomic E-state index is 12.4. The van der Waals surface area contributed by atoms with E-state index in [2.05, 4.69) is 10.0 Å². The second-order valence-corrected chi connectivity index (χ2v) is 7.38. The Bertz CT molecular complexity index is 584. The van der Waals surface area contributed by atoms with Crippen molar-refractivity contribution in [2.24, 2.45) is 0 Å². The van der Waals surface area contributed by atoms with Crippen LogP contribution < -0.4 is 14.8 Å². The molecule has 2 rings (SSSR count). The van der Waals surface area contributed by atoms with Crippen LogP contribution in [0, 0.1) is 0 Å². The number of methoxy groups -OCH3 is 1. The fourth-order valence-electron chi connectivity index (χ4n) is 2.60. The van der Waals surface area contributed by atoms with Gasteiger partial charge in [-0.2, -0.15) is 0 Å². The summed E-state index contributed by atoms with van der Waals surface area (Å²) in [5.41, 5.74) is 0. The highest BCUT2D eigenvalue weighted by Gasteiger charge is 2.25. The molecule has 0 heterocycles. The second-order valence-electron chi connectivity index (χ2n) is 5.25. The molecule has 1 aliphatic rings. The molecule has 1 aromatic rings. The van der Waals surface area contributed by atoms with Crippen LogP contribution in [0.25, 0.3) is 0 Å². The molecule has 7 heteroatoms. The molecular formula is C14H21ClN2O3S. The van der Waals surface area contributed by atoms with Gasteiger partial charge in [-0.05, 0) is 50.9 Å². The van der Waals surface area contributed by atoms with E-state index in [1.165, 1.54) is 19.2 Å². The van der Waals surface area contributed by atoms with E-state index in [0.29, 0.717) is 16.8 Å². The van der Waals surface area contributed by atoms with E-state index in [-0.39, 0.29) is 10.9 Å². The molecule has 0 radical (unpaired) electrons. The molecule has 5 nitrogen and oxygen atoms in total. The van der Waals surface area contributed by atoms with Crippen molar-refractivity contribution >= 4 is 21.6 Å². The van der Waals surface area contributed by atoms with Gasteiger partial charge in [0.15, 0.2) is 0 Å². The maximum atomic E-state index is 12.4. The van der Waals surface area contributed by atoms with Gasteiger partial charge in [-0.15, -0.1) is 0 Å². The lowest BCUT2D eigenvalue weighted by molar-refractivity contribution is 0.343. The highest BCUT2D eigenvalue weighted by molar-refractivity contribution is 7.89. The molecule has 0 unspecified atom stereocenters. The van der Waals surface area contributed by atoms with E-state index in [1.807, 2.05) is 7.05 Å². The van der Waals surface area contributed by atoms with Crippen molar-refractivity contribution < 1.29 is 13.2 Å².